The SMILES string of the molecule is C=C(C)C1CCC(C)=CC1c1c(O)cc(CCCCCCCCCCCCCCCCCCCC)cc1O. The quantitative estimate of drug-likeness (QED) is 0.124. The summed E-state index contributed by atoms with van der Waals surface area (Å²) >= 11 is 0. The van der Waals surface area contributed by atoms with Gasteiger partial charge in [-0.1, -0.05) is 140 Å². The molecule has 0 spiro atoms. The van der Waals surface area contributed by atoms with Gasteiger partial charge >= 0.3 is 0 Å². The zero-order valence-electron chi connectivity index (χ0n) is 25.3. The van der Waals surface area contributed by atoms with Crippen molar-refractivity contribution in [3.05, 3.63) is 47.1 Å². The van der Waals surface area contributed by atoms with Crippen LogP contribution in [0.15, 0.2) is 35.9 Å². The first kappa shape index (κ1) is 32.5. The van der Waals surface area contributed by atoms with Gasteiger partial charge < -0.3 is 10.2 Å². The van der Waals surface area contributed by atoms with Crippen LogP contribution in [0.25, 0.3) is 0 Å². The third-order valence-electron chi connectivity index (χ3n) is 8.73. The lowest BCUT2D eigenvalue weighted by molar-refractivity contribution is 0.406. The fourth-order valence-electron chi connectivity index (χ4n) is 6.30. The molecule has 0 amide bonds. The molecule has 2 atom stereocenters. The van der Waals surface area contributed by atoms with Gasteiger partial charge in [-0.05, 0) is 63.1 Å². The summed E-state index contributed by atoms with van der Waals surface area (Å²) in [7, 11) is 0. The number of hydrogen-bond donors (Lipinski definition) is 2. The van der Waals surface area contributed by atoms with Gasteiger partial charge in [-0.25, -0.2) is 0 Å². The number of unbranched alkanes of at least 4 members (excludes halogenated alkanes) is 17. The lowest BCUT2D eigenvalue weighted by Crippen LogP contribution is -2.17. The molecule has 2 unspecified atom stereocenters. The van der Waals surface area contributed by atoms with Crippen molar-refractivity contribution in [1.29, 1.82) is 0 Å². The van der Waals surface area contributed by atoms with Gasteiger partial charge in [0.25, 0.3) is 0 Å². The Labute approximate surface area is 236 Å². The molecule has 2 rings (SSSR count). The molecule has 1 aromatic rings. The second-order valence-electron chi connectivity index (χ2n) is 12.3. The van der Waals surface area contributed by atoms with Crippen molar-refractivity contribution in [3.63, 3.8) is 0 Å². The van der Waals surface area contributed by atoms with E-state index in [2.05, 4.69) is 33.4 Å². The molecular weight excluding hydrogens is 464 g/mol. The van der Waals surface area contributed by atoms with E-state index in [0.717, 1.165) is 36.8 Å². The van der Waals surface area contributed by atoms with Crippen molar-refractivity contribution in [2.45, 2.75) is 162 Å². The molecule has 0 saturated heterocycles. The Balaban J connectivity index is 1.53. The van der Waals surface area contributed by atoms with Gasteiger partial charge in [-0.3, -0.25) is 0 Å². The molecule has 1 aromatic carbocycles. The zero-order chi connectivity index (χ0) is 27.6. The van der Waals surface area contributed by atoms with Gasteiger partial charge in [-0.15, -0.1) is 0 Å². The Morgan fingerprint density at radius 1 is 0.737 bits per heavy atom. The summed E-state index contributed by atoms with van der Waals surface area (Å²) < 4.78 is 0. The topological polar surface area (TPSA) is 40.5 Å². The number of allylic oxidation sites excluding steroid dienone is 3. The molecule has 2 heteroatoms. The first-order chi connectivity index (χ1) is 18.4. The number of rotatable bonds is 21. The van der Waals surface area contributed by atoms with E-state index in [0.29, 0.717) is 5.56 Å². The summed E-state index contributed by atoms with van der Waals surface area (Å²) in [5, 5.41) is 21.7. The highest BCUT2D eigenvalue weighted by molar-refractivity contribution is 5.51. The summed E-state index contributed by atoms with van der Waals surface area (Å²) in [5.74, 6) is 0.769. The summed E-state index contributed by atoms with van der Waals surface area (Å²) in [6.45, 7) is 10.7. The molecule has 1 aliphatic carbocycles. The molecule has 38 heavy (non-hydrogen) atoms. The predicted octanol–water partition coefficient (Wildman–Crippen LogP) is 11.7. The fourth-order valence-corrected chi connectivity index (χ4v) is 6.30. The molecule has 0 heterocycles. The van der Waals surface area contributed by atoms with Gasteiger partial charge in [0.2, 0.25) is 0 Å². The standard InChI is InChI=1S/C36H60O2/c1-5-6-7-8-9-10-11-12-13-14-15-16-17-18-19-20-21-22-23-31-27-34(37)36(35(38)28-31)33-26-30(4)24-25-32(33)29(2)3/h26-28,32-33,37-38H,2,5-25H2,1,3-4H3. The molecule has 216 valence electrons. The highest BCUT2D eigenvalue weighted by Crippen LogP contribution is 2.46. The zero-order valence-corrected chi connectivity index (χ0v) is 25.3. The number of phenols is 2. The van der Waals surface area contributed by atoms with Gasteiger partial charge in [-0.2, -0.15) is 0 Å². The van der Waals surface area contributed by atoms with Crippen LogP contribution in [0, 0.1) is 5.92 Å². The van der Waals surface area contributed by atoms with Crippen molar-refractivity contribution < 1.29 is 10.2 Å². The second kappa shape index (κ2) is 19.4. The molecule has 2 nitrogen and oxygen atoms in total. The highest BCUT2D eigenvalue weighted by atomic mass is 16.3. The highest BCUT2D eigenvalue weighted by Gasteiger charge is 2.30. The van der Waals surface area contributed by atoms with Crippen LogP contribution in [-0.4, -0.2) is 10.2 Å². The average molecular weight is 525 g/mol. The summed E-state index contributed by atoms with van der Waals surface area (Å²) in [6.07, 6.45) is 30.1. The van der Waals surface area contributed by atoms with E-state index in [1.807, 2.05) is 12.1 Å². The number of phenolic OH excluding ortho intramolecular Hbond substituents is 2. The minimum Gasteiger partial charge on any atom is -0.507 e. The van der Waals surface area contributed by atoms with E-state index in [9.17, 15) is 10.2 Å². The van der Waals surface area contributed by atoms with Gasteiger partial charge in [0.15, 0.2) is 0 Å². The number of benzene rings is 1. The van der Waals surface area contributed by atoms with Crippen molar-refractivity contribution in [3.8, 4) is 11.5 Å². The molecular formula is C36H60O2. The molecule has 0 saturated carbocycles. The molecule has 1 aliphatic rings. The minimum absolute atomic E-state index is 0.0143. The smallest absolute Gasteiger partial charge is 0.123 e. The van der Waals surface area contributed by atoms with Crippen molar-refractivity contribution in [1.82, 2.24) is 0 Å². The van der Waals surface area contributed by atoms with Crippen LogP contribution in [-0.2, 0) is 6.42 Å². The maximum absolute atomic E-state index is 10.8. The Kier molecular flexibility index (Phi) is 16.6. The normalized spacial score (nSPS) is 17.5. The van der Waals surface area contributed by atoms with Crippen LogP contribution >= 0.6 is 0 Å². The van der Waals surface area contributed by atoms with Crippen molar-refractivity contribution in [2.24, 2.45) is 5.92 Å². The molecule has 0 radical (unpaired) electrons. The summed E-state index contributed by atoms with van der Waals surface area (Å²) in [4.78, 5) is 0. The maximum atomic E-state index is 10.8. The van der Waals surface area contributed by atoms with E-state index in [4.69, 9.17) is 0 Å². The molecule has 0 aromatic heterocycles. The monoisotopic (exact) mass is 524 g/mol. The average Bonchev–Trinajstić information content (AvgIpc) is 2.87. The lowest BCUT2D eigenvalue weighted by Gasteiger charge is -2.31. The van der Waals surface area contributed by atoms with Crippen LogP contribution in [0.4, 0.5) is 0 Å². The van der Waals surface area contributed by atoms with Crippen LogP contribution in [0.5, 0.6) is 11.5 Å². The summed E-state index contributed by atoms with van der Waals surface area (Å²) in [5.41, 5.74) is 4.18. The van der Waals surface area contributed by atoms with Crippen molar-refractivity contribution >= 4 is 0 Å². The van der Waals surface area contributed by atoms with E-state index >= 15 is 0 Å². The molecule has 0 fully saturated rings. The minimum atomic E-state index is 0.0143. The first-order valence-electron chi connectivity index (χ1n) is 16.3. The third kappa shape index (κ3) is 12.4. The van der Waals surface area contributed by atoms with Crippen LogP contribution in [0.2, 0.25) is 0 Å². The molecule has 0 aliphatic heterocycles. The maximum Gasteiger partial charge on any atom is 0.123 e. The second-order valence-corrected chi connectivity index (χ2v) is 12.3. The largest absolute Gasteiger partial charge is 0.507 e. The predicted molar refractivity (Wildman–Crippen MR) is 166 cm³/mol. The van der Waals surface area contributed by atoms with Crippen molar-refractivity contribution in [2.75, 3.05) is 0 Å². The van der Waals surface area contributed by atoms with Crippen LogP contribution in [0.1, 0.15) is 166 Å². The number of aryl methyl sites for hydroxylation is 1. The van der Waals surface area contributed by atoms with Gasteiger partial charge in [0, 0.05) is 11.5 Å². The van der Waals surface area contributed by atoms with E-state index < -0.39 is 0 Å². The number of aromatic hydroxyl groups is 2. The first-order valence-corrected chi connectivity index (χ1v) is 16.3. The third-order valence-corrected chi connectivity index (χ3v) is 8.73. The Hall–Kier alpha value is -1.70. The Bertz CT molecular complexity index is 798. The van der Waals surface area contributed by atoms with E-state index in [1.54, 1.807) is 0 Å². The number of hydrogen-bond acceptors (Lipinski definition) is 2. The van der Waals surface area contributed by atoms with E-state index in [-0.39, 0.29) is 23.3 Å². The van der Waals surface area contributed by atoms with Gasteiger partial charge in [0.1, 0.15) is 11.5 Å². The summed E-state index contributed by atoms with van der Waals surface area (Å²) in [6, 6.07) is 3.77. The molecule has 2 N–H and O–H groups in total. The van der Waals surface area contributed by atoms with Gasteiger partial charge in [0.05, 0.1) is 0 Å². The fraction of sp³-hybridized carbons (Fsp3) is 0.722. The van der Waals surface area contributed by atoms with Crippen LogP contribution < -0.4 is 0 Å². The Morgan fingerprint density at radius 3 is 1.58 bits per heavy atom. The Morgan fingerprint density at radius 2 is 1.16 bits per heavy atom. The van der Waals surface area contributed by atoms with Crippen LogP contribution in [0.3, 0.4) is 0 Å². The lowest BCUT2D eigenvalue weighted by atomic mass is 9.73. The van der Waals surface area contributed by atoms with E-state index in [1.165, 1.54) is 115 Å². The molecule has 0 bridgehead atoms.